The summed E-state index contributed by atoms with van der Waals surface area (Å²) in [4.78, 5) is 13.9. The molecule has 0 bridgehead atoms. The van der Waals surface area contributed by atoms with Gasteiger partial charge in [0.1, 0.15) is 0 Å². The maximum Gasteiger partial charge on any atom is 0.223 e. The van der Waals surface area contributed by atoms with E-state index in [1.165, 1.54) is 38.5 Å². The molecule has 0 aromatic carbocycles. The largest absolute Gasteiger partial charge is 0.343 e. The van der Waals surface area contributed by atoms with Gasteiger partial charge in [-0.25, -0.2) is 0 Å². The molecule has 0 radical (unpaired) electrons. The third-order valence-electron chi connectivity index (χ3n) is 4.57. The summed E-state index contributed by atoms with van der Waals surface area (Å²) >= 11 is 0. The van der Waals surface area contributed by atoms with Gasteiger partial charge in [-0.1, -0.05) is 13.8 Å². The average Bonchev–Trinajstić information content (AvgIpc) is 2.85. The molecule has 18 heavy (non-hydrogen) atoms. The van der Waals surface area contributed by atoms with Crippen LogP contribution in [0.4, 0.5) is 0 Å². The highest BCUT2D eigenvalue weighted by molar-refractivity contribution is 5.76. The summed E-state index contributed by atoms with van der Waals surface area (Å²) in [6.45, 7) is 7.55. The highest BCUT2D eigenvalue weighted by Gasteiger charge is 2.26. The molecule has 3 heteroatoms. The normalized spacial score (nSPS) is 24.4. The fourth-order valence-corrected chi connectivity index (χ4v) is 3.11. The molecule has 0 aromatic heterocycles. The molecule has 2 rings (SSSR count). The third kappa shape index (κ3) is 3.98. The lowest BCUT2D eigenvalue weighted by Gasteiger charge is -2.34. The van der Waals surface area contributed by atoms with Crippen LogP contribution in [0.5, 0.6) is 0 Å². The van der Waals surface area contributed by atoms with E-state index in [1.54, 1.807) is 0 Å². The first-order valence-electron chi connectivity index (χ1n) is 7.58. The number of carbonyl (C=O) groups is 1. The standard InChI is InChI=1S/C15H28N2O/c1-15(2)8-5-13(6-9-15)16-10-7-14(18)17-11-3-4-12-17/h13,16H,3-12H2,1-2H3. The Morgan fingerprint density at radius 3 is 2.44 bits per heavy atom. The predicted molar refractivity (Wildman–Crippen MR) is 74.5 cm³/mol. The molecule has 2 fully saturated rings. The number of rotatable bonds is 4. The summed E-state index contributed by atoms with van der Waals surface area (Å²) in [6.07, 6.45) is 8.22. The molecule has 0 unspecified atom stereocenters. The molecular weight excluding hydrogens is 224 g/mol. The molecule has 1 N–H and O–H groups in total. The second kappa shape index (κ2) is 6.05. The molecule has 1 aliphatic heterocycles. The molecule has 3 nitrogen and oxygen atoms in total. The summed E-state index contributed by atoms with van der Waals surface area (Å²) < 4.78 is 0. The van der Waals surface area contributed by atoms with Crippen molar-refractivity contribution in [2.24, 2.45) is 5.41 Å². The maximum atomic E-state index is 11.9. The van der Waals surface area contributed by atoms with E-state index < -0.39 is 0 Å². The number of amides is 1. The number of hydrogen-bond acceptors (Lipinski definition) is 2. The van der Waals surface area contributed by atoms with Crippen LogP contribution in [0.3, 0.4) is 0 Å². The minimum absolute atomic E-state index is 0.344. The second-order valence-electron chi connectivity index (χ2n) is 6.73. The molecule has 104 valence electrons. The third-order valence-corrected chi connectivity index (χ3v) is 4.57. The lowest BCUT2D eigenvalue weighted by Crippen LogP contribution is -2.38. The highest BCUT2D eigenvalue weighted by Crippen LogP contribution is 2.34. The van der Waals surface area contributed by atoms with Crippen molar-refractivity contribution in [1.82, 2.24) is 10.2 Å². The van der Waals surface area contributed by atoms with Crippen molar-refractivity contribution in [3.8, 4) is 0 Å². The minimum atomic E-state index is 0.344. The van der Waals surface area contributed by atoms with Gasteiger partial charge < -0.3 is 10.2 Å². The molecule has 0 aromatic rings. The first-order valence-corrected chi connectivity index (χ1v) is 7.58. The number of carbonyl (C=O) groups excluding carboxylic acids is 1. The molecule has 1 aliphatic carbocycles. The van der Waals surface area contributed by atoms with E-state index >= 15 is 0 Å². The number of nitrogens with zero attached hydrogens (tertiary/aromatic N) is 1. The van der Waals surface area contributed by atoms with E-state index in [4.69, 9.17) is 0 Å². The highest BCUT2D eigenvalue weighted by atomic mass is 16.2. The molecule has 1 saturated heterocycles. The van der Waals surface area contributed by atoms with Crippen molar-refractivity contribution in [2.45, 2.75) is 64.8 Å². The van der Waals surface area contributed by atoms with Crippen LogP contribution in [0.1, 0.15) is 58.8 Å². The van der Waals surface area contributed by atoms with Gasteiger partial charge in [0.25, 0.3) is 0 Å². The predicted octanol–water partition coefficient (Wildman–Crippen LogP) is 2.56. The fourth-order valence-electron chi connectivity index (χ4n) is 3.11. The van der Waals surface area contributed by atoms with Crippen LogP contribution in [-0.2, 0) is 4.79 Å². The molecule has 0 spiro atoms. The Balaban J connectivity index is 1.59. The topological polar surface area (TPSA) is 32.3 Å². The van der Waals surface area contributed by atoms with Crippen LogP contribution in [-0.4, -0.2) is 36.5 Å². The van der Waals surface area contributed by atoms with Gasteiger partial charge in [-0.3, -0.25) is 4.79 Å². The van der Waals surface area contributed by atoms with Crippen molar-refractivity contribution in [1.29, 1.82) is 0 Å². The summed E-state index contributed by atoms with van der Waals surface area (Å²) in [5.41, 5.74) is 0.531. The van der Waals surface area contributed by atoms with E-state index in [1.807, 2.05) is 4.90 Å². The first kappa shape index (κ1) is 13.9. The van der Waals surface area contributed by atoms with Crippen molar-refractivity contribution in [3.05, 3.63) is 0 Å². The molecule has 0 atom stereocenters. The van der Waals surface area contributed by atoms with Crippen molar-refractivity contribution < 1.29 is 4.79 Å². The van der Waals surface area contributed by atoms with E-state index in [9.17, 15) is 4.79 Å². The van der Waals surface area contributed by atoms with Crippen LogP contribution >= 0.6 is 0 Å². The number of hydrogen-bond donors (Lipinski definition) is 1. The SMILES string of the molecule is CC1(C)CCC(NCCC(=O)N2CCCC2)CC1. The number of nitrogens with one attached hydrogen (secondary N) is 1. The van der Waals surface area contributed by atoms with Crippen LogP contribution in [0.15, 0.2) is 0 Å². The molecule has 1 amide bonds. The summed E-state index contributed by atoms with van der Waals surface area (Å²) in [5.74, 6) is 0.344. The zero-order chi connectivity index (χ0) is 13.0. The van der Waals surface area contributed by atoms with Crippen LogP contribution in [0.25, 0.3) is 0 Å². The molecule has 1 heterocycles. The lowest BCUT2D eigenvalue weighted by molar-refractivity contribution is -0.130. The summed E-state index contributed by atoms with van der Waals surface area (Å²) in [5, 5.41) is 3.57. The summed E-state index contributed by atoms with van der Waals surface area (Å²) in [6, 6.07) is 0.643. The number of likely N-dealkylation sites (tertiary alicyclic amines) is 1. The Hall–Kier alpha value is -0.570. The van der Waals surface area contributed by atoms with Gasteiger partial charge >= 0.3 is 0 Å². The summed E-state index contributed by atoms with van der Waals surface area (Å²) in [7, 11) is 0. The zero-order valence-electron chi connectivity index (χ0n) is 12.0. The zero-order valence-corrected chi connectivity index (χ0v) is 12.0. The lowest BCUT2D eigenvalue weighted by atomic mass is 9.75. The maximum absolute atomic E-state index is 11.9. The molecular formula is C15H28N2O. The monoisotopic (exact) mass is 252 g/mol. The Bertz CT molecular complexity index is 272. The van der Waals surface area contributed by atoms with Crippen molar-refractivity contribution >= 4 is 5.91 Å². The van der Waals surface area contributed by atoms with E-state index in [0.29, 0.717) is 23.8 Å². The van der Waals surface area contributed by atoms with Gasteiger partial charge in [0, 0.05) is 32.1 Å². The fraction of sp³-hybridized carbons (Fsp3) is 0.933. The van der Waals surface area contributed by atoms with E-state index in [-0.39, 0.29) is 0 Å². The minimum Gasteiger partial charge on any atom is -0.343 e. The van der Waals surface area contributed by atoms with Gasteiger partial charge in [-0.15, -0.1) is 0 Å². The van der Waals surface area contributed by atoms with E-state index in [0.717, 1.165) is 19.6 Å². The second-order valence-corrected chi connectivity index (χ2v) is 6.73. The van der Waals surface area contributed by atoms with Gasteiger partial charge in [0.15, 0.2) is 0 Å². The quantitative estimate of drug-likeness (QED) is 0.834. The van der Waals surface area contributed by atoms with Crippen LogP contribution in [0, 0.1) is 5.41 Å². The Kier molecular flexibility index (Phi) is 4.66. The molecule has 2 aliphatic rings. The molecule has 1 saturated carbocycles. The Morgan fingerprint density at radius 2 is 1.83 bits per heavy atom. The Labute approximate surface area is 111 Å². The van der Waals surface area contributed by atoms with Gasteiger partial charge in [-0.05, 0) is 43.9 Å². The Morgan fingerprint density at radius 1 is 1.22 bits per heavy atom. The van der Waals surface area contributed by atoms with Gasteiger partial charge in [0.2, 0.25) is 5.91 Å². The van der Waals surface area contributed by atoms with Crippen LogP contribution in [0.2, 0.25) is 0 Å². The van der Waals surface area contributed by atoms with Crippen LogP contribution < -0.4 is 5.32 Å². The van der Waals surface area contributed by atoms with Gasteiger partial charge in [0.05, 0.1) is 0 Å². The smallest absolute Gasteiger partial charge is 0.223 e. The first-order chi connectivity index (χ1) is 8.57. The average molecular weight is 252 g/mol. The van der Waals surface area contributed by atoms with E-state index in [2.05, 4.69) is 19.2 Å². The van der Waals surface area contributed by atoms with Gasteiger partial charge in [-0.2, -0.15) is 0 Å². The van der Waals surface area contributed by atoms with Crippen molar-refractivity contribution in [3.63, 3.8) is 0 Å². The van der Waals surface area contributed by atoms with Crippen molar-refractivity contribution in [2.75, 3.05) is 19.6 Å².